The molecule has 0 spiro atoms. The SMILES string of the molecule is COc1c(C(=O)NCc2ccco2)ccc2n[nH]c(-c3cccc(F)c3)c12. The summed E-state index contributed by atoms with van der Waals surface area (Å²) in [6.45, 7) is 0.259. The van der Waals surface area contributed by atoms with Crippen LogP contribution in [0.3, 0.4) is 0 Å². The molecule has 0 atom stereocenters. The molecule has 4 aromatic rings. The lowest BCUT2D eigenvalue weighted by molar-refractivity contribution is 0.0945. The zero-order chi connectivity index (χ0) is 18.8. The molecule has 27 heavy (non-hydrogen) atoms. The maximum atomic E-state index is 13.6. The van der Waals surface area contributed by atoms with Crippen LogP contribution >= 0.6 is 0 Å². The van der Waals surface area contributed by atoms with Crippen LogP contribution < -0.4 is 10.1 Å². The second kappa shape index (κ2) is 6.95. The Labute approximate surface area is 154 Å². The average molecular weight is 365 g/mol. The summed E-state index contributed by atoms with van der Waals surface area (Å²) in [6, 6.07) is 13.0. The number of carbonyl (C=O) groups is 1. The number of benzene rings is 2. The highest BCUT2D eigenvalue weighted by Crippen LogP contribution is 2.36. The second-order valence-corrected chi connectivity index (χ2v) is 5.91. The Morgan fingerprint density at radius 1 is 1.26 bits per heavy atom. The number of methoxy groups -OCH3 is 1. The number of halogens is 1. The van der Waals surface area contributed by atoms with Crippen molar-refractivity contribution in [3.63, 3.8) is 0 Å². The molecule has 0 fully saturated rings. The van der Waals surface area contributed by atoms with Crippen molar-refractivity contribution < 1.29 is 18.3 Å². The average Bonchev–Trinajstić information content (AvgIpc) is 3.35. The van der Waals surface area contributed by atoms with Gasteiger partial charge in [0.2, 0.25) is 0 Å². The van der Waals surface area contributed by atoms with Crippen LogP contribution in [-0.2, 0) is 6.54 Å². The lowest BCUT2D eigenvalue weighted by atomic mass is 10.0. The van der Waals surface area contributed by atoms with Crippen molar-refractivity contribution in [2.45, 2.75) is 6.54 Å². The molecule has 0 aliphatic rings. The highest BCUT2D eigenvalue weighted by Gasteiger charge is 2.20. The fraction of sp³-hybridized carbons (Fsp3) is 0.100. The molecule has 2 N–H and O–H groups in total. The van der Waals surface area contributed by atoms with Crippen LogP contribution in [0.1, 0.15) is 16.1 Å². The van der Waals surface area contributed by atoms with Gasteiger partial charge in [-0.05, 0) is 36.4 Å². The van der Waals surface area contributed by atoms with E-state index in [1.807, 2.05) is 0 Å². The fourth-order valence-corrected chi connectivity index (χ4v) is 3.00. The second-order valence-electron chi connectivity index (χ2n) is 5.91. The summed E-state index contributed by atoms with van der Waals surface area (Å²) >= 11 is 0. The van der Waals surface area contributed by atoms with E-state index in [2.05, 4.69) is 15.5 Å². The molecular formula is C20H16FN3O3. The molecule has 0 bridgehead atoms. The minimum atomic E-state index is -0.360. The standard InChI is InChI=1S/C20H16FN3O3/c1-26-19-15(20(25)22-11-14-6-3-9-27-14)7-8-16-17(19)18(24-23-16)12-4-2-5-13(21)10-12/h2-10H,11H2,1H3,(H,22,25)(H,23,24). The summed E-state index contributed by atoms with van der Waals surface area (Å²) in [5.74, 6) is 0.350. The molecule has 0 saturated carbocycles. The lowest BCUT2D eigenvalue weighted by Crippen LogP contribution is -2.23. The normalized spacial score (nSPS) is 10.9. The number of carbonyl (C=O) groups excluding carboxylic acids is 1. The third-order valence-corrected chi connectivity index (χ3v) is 4.24. The topological polar surface area (TPSA) is 80.2 Å². The van der Waals surface area contributed by atoms with Crippen LogP contribution in [0, 0.1) is 5.82 Å². The largest absolute Gasteiger partial charge is 0.495 e. The van der Waals surface area contributed by atoms with Gasteiger partial charge in [0, 0.05) is 5.56 Å². The van der Waals surface area contributed by atoms with E-state index >= 15 is 0 Å². The van der Waals surface area contributed by atoms with Gasteiger partial charge in [0.15, 0.2) is 0 Å². The number of hydrogen-bond donors (Lipinski definition) is 2. The molecule has 2 aromatic heterocycles. The number of furan rings is 1. The minimum Gasteiger partial charge on any atom is -0.495 e. The summed E-state index contributed by atoms with van der Waals surface area (Å²) in [5, 5.41) is 10.6. The van der Waals surface area contributed by atoms with Crippen molar-refractivity contribution in [1.29, 1.82) is 0 Å². The molecule has 0 saturated heterocycles. The van der Waals surface area contributed by atoms with Gasteiger partial charge >= 0.3 is 0 Å². The van der Waals surface area contributed by atoms with Gasteiger partial charge in [0.1, 0.15) is 17.3 Å². The minimum absolute atomic E-state index is 0.259. The van der Waals surface area contributed by atoms with Crippen LogP contribution in [0.2, 0.25) is 0 Å². The molecule has 0 unspecified atom stereocenters. The predicted octanol–water partition coefficient (Wildman–Crippen LogP) is 3.90. The number of H-pyrrole nitrogens is 1. The van der Waals surface area contributed by atoms with E-state index in [1.54, 1.807) is 42.7 Å². The van der Waals surface area contributed by atoms with Crippen molar-refractivity contribution in [2.75, 3.05) is 7.11 Å². The van der Waals surface area contributed by atoms with E-state index in [0.29, 0.717) is 39.2 Å². The molecule has 0 aliphatic carbocycles. The Morgan fingerprint density at radius 2 is 2.15 bits per heavy atom. The third kappa shape index (κ3) is 3.15. The molecule has 6 nitrogen and oxygen atoms in total. The molecule has 0 aliphatic heterocycles. The zero-order valence-electron chi connectivity index (χ0n) is 14.5. The molecular weight excluding hydrogens is 349 g/mol. The Kier molecular flexibility index (Phi) is 4.33. The number of hydrogen-bond acceptors (Lipinski definition) is 4. The van der Waals surface area contributed by atoms with Gasteiger partial charge in [0.25, 0.3) is 5.91 Å². The summed E-state index contributed by atoms with van der Waals surface area (Å²) < 4.78 is 24.4. The summed E-state index contributed by atoms with van der Waals surface area (Å²) in [7, 11) is 1.49. The number of aromatic nitrogens is 2. The molecule has 136 valence electrons. The smallest absolute Gasteiger partial charge is 0.255 e. The summed E-state index contributed by atoms with van der Waals surface area (Å²) in [6.07, 6.45) is 1.55. The molecule has 2 heterocycles. The first-order chi connectivity index (χ1) is 13.2. The molecule has 0 radical (unpaired) electrons. The maximum absolute atomic E-state index is 13.6. The van der Waals surface area contributed by atoms with Crippen molar-refractivity contribution in [3.05, 3.63) is 71.9 Å². The number of nitrogens with zero attached hydrogens (tertiary/aromatic N) is 1. The molecule has 4 rings (SSSR count). The van der Waals surface area contributed by atoms with E-state index in [4.69, 9.17) is 9.15 Å². The van der Waals surface area contributed by atoms with E-state index in [-0.39, 0.29) is 18.3 Å². The third-order valence-electron chi connectivity index (χ3n) is 4.24. The van der Waals surface area contributed by atoms with Crippen molar-refractivity contribution in [2.24, 2.45) is 0 Å². The van der Waals surface area contributed by atoms with Crippen LogP contribution in [0.15, 0.2) is 59.2 Å². The number of fused-ring (bicyclic) bond motifs is 1. The Morgan fingerprint density at radius 3 is 2.89 bits per heavy atom. The Balaban J connectivity index is 1.76. The quantitative estimate of drug-likeness (QED) is 0.562. The van der Waals surface area contributed by atoms with E-state index in [9.17, 15) is 9.18 Å². The van der Waals surface area contributed by atoms with Gasteiger partial charge in [0.05, 0.1) is 42.1 Å². The zero-order valence-corrected chi connectivity index (χ0v) is 14.5. The van der Waals surface area contributed by atoms with Crippen LogP contribution in [0.5, 0.6) is 5.75 Å². The van der Waals surface area contributed by atoms with Gasteiger partial charge in [-0.3, -0.25) is 9.89 Å². The van der Waals surface area contributed by atoms with Crippen molar-refractivity contribution in [3.8, 4) is 17.0 Å². The highest BCUT2D eigenvalue weighted by atomic mass is 19.1. The van der Waals surface area contributed by atoms with Crippen LogP contribution in [0.25, 0.3) is 22.2 Å². The van der Waals surface area contributed by atoms with E-state index in [1.165, 1.54) is 19.2 Å². The molecule has 2 aromatic carbocycles. The predicted molar refractivity (Wildman–Crippen MR) is 97.9 cm³/mol. The van der Waals surface area contributed by atoms with E-state index in [0.717, 1.165) is 0 Å². The Bertz CT molecular complexity index is 1100. The van der Waals surface area contributed by atoms with Crippen LogP contribution in [-0.4, -0.2) is 23.2 Å². The van der Waals surface area contributed by atoms with Gasteiger partial charge in [-0.15, -0.1) is 0 Å². The first-order valence-electron chi connectivity index (χ1n) is 8.29. The molecule has 7 heteroatoms. The number of nitrogens with one attached hydrogen (secondary N) is 2. The first-order valence-corrected chi connectivity index (χ1v) is 8.29. The number of amides is 1. The van der Waals surface area contributed by atoms with E-state index < -0.39 is 0 Å². The summed E-state index contributed by atoms with van der Waals surface area (Å²) in [5.41, 5.74) is 2.18. The lowest BCUT2D eigenvalue weighted by Gasteiger charge is -2.11. The highest BCUT2D eigenvalue weighted by molar-refractivity contribution is 6.07. The Hall–Kier alpha value is -3.61. The van der Waals surface area contributed by atoms with Crippen molar-refractivity contribution >= 4 is 16.8 Å². The monoisotopic (exact) mass is 365 g/mol. The van der Waals surface area contributed by atoms with Gasteiger partial charge in [-0.25, -0.2) is 4.39 Å². The number of aromatic amines is 1. The van der Waals surface area contributed by atoms with Gasteiger partial charge in [-0.2, -0.15) is 5.10 Å². The first kappa shape index (κ1) is 16.8. The fourth-order valence-electron chi connectivity index (χ4n) is 3.00. The number of ether oxygens (including phenoxy) is 1. The number of rotatable bonds is 5. The van der Waals surface area contributed by atoms with Crippen LogP contribution in [0.4, 0.5) is 4.39 Å². The van der Waals surface area contributed by atoms with Gasteiger partial charge < -0.3 is 14.5 Å². The molecule has 1 amide bonds. The maximum Gasteiger partial charge on any atom is 0.255 e. The van der Waals surface area contributed by atoms with Gasteiger partial charge in [-0.1, -0.05) is 12.1 Å². The van der Waals surface area contributed by atoms with Crippen molar-refractivity contribution in [1.82, 2.24) is 15.5 Å². The summed E-state index contributed by atoms with van der Waals surface area (Å²) in [4.78, 5) is 12.7.